The van der Waals surface area contributed by atoms with Crippen LogP contribution in [0.1, 0.15) is 22.6 Å². The number of carbonyl (C=O) groups is 4. The lowest BCUT2D eigenvalue weighted by Gasteiger charge is -2.07. The molecule has 1 aromatic heterocycles. The van der Waals surface area contributed by atoms with Gasteiger partial charge in [-0.1, -0.05) is 6.07 Å². The SMILES string of the molecule is COCCNC(=O)C(=O)N/N=C/c1ccc(CNC(=O)C(=O)Nc2ccc(C)c(C)c2)o1. The second kappa shape index (κ2) is 12.0. The number of aryl methyl sites for hydroxylation is 2. The van der Waals surface area contributed by atoms with Gasteiger partial charge in [0.15, 0.2) is 0 Å². The van der Waals surface area contributed by atoms with E-state index in [0.29, 0.717) is 11.4 Å². The second-order valence-electron chi connectivity index (χ2n) is 6.69. The highest BCUT2D eigenvalue weighted by atomic mass is 16.5. The first-order valence-corrected chi connectivity index (χ1v) is 9.65. The number of amides is 4. The molecule has 0 saturated carbocycles. The summed E-state index contributed by atoms with van der Waals surface area (Å²) in [6.07, 6.45) is 1.19. The zero-order chi connectivity index (χ0) is 23.5. The number of hydrogen-bond donors (Lipinski definition) is 4. The van der Waals surface area contributed by atoms with Gasteiger partial charge in [-0.15, -0.1) is 0 Å². The van der Waals surface area contributed by atoms with Gasteiger partial charge in [-0.3, -0.25) is 19.2 Å². The van der Waals surface area contributed by atoms with Crippen LogP contribution in [0.15, 0.2) is 39.9 Å². The third-order valence-electron chi connectivity index (χ3n) is 4.23. The Morgan fingerprint density at radius 3 is 2.44 bits per heavy atom. The van der Waals surface area contributed by atoms with E-state index in [4.69, 9.17) is 9.15 Å². The molecule has 0 aliphatic heterocycles. The fraction of sp³-hybridized carbons (Fsp3) is 0.286. The summed E-state index contributed by atoms with van der Waals surface area (Å²) < 4.78 is 10.2. The molecule has 2 rings (SSSR count). The molecule has 0 fully saturated rings. The molecule has 4 N–H and O–H groups in total. The van der Waals surface area contributed by atoms with Crippen LogP contribution in [0, 0.1) is 13.8 Å². The van der Waals surface area contributed by atoms with Crippen molar-refractivity contribution in [2.24, 2.45) is 5.10 Å². The number of carbonyl (C=O) groups excluding carboxylic acids is 4. The normalized spacial score (nSPS) is 10.6. The van der Waals surface area contributed by atoms with Crippen molar-refractivity contribution in [2.45, 2.75) is 20.4 Å². The molecule has 0 aliphatic rings. The molecule has 0 unspecified atom stereocenters. The van der Waals surface area contributed by atoms with Crippen LogP contribution in [0.2, 0.25) is 0 Å². The zero-order valence-electron chi connectivity index (χ0n) is 18.0. The van der Waals surface area contributed by atoms with E-state index < -0.39 is 23.6 Å². The molecule has 0 spiro atoms. The van der Waals surface area contributed by atoms with Crippen molar-refractivity contribution in [3.8, 4) is 0 Å². The highest BCUT2D eigenvalue weighted by molar-refractivity contribution is 6.39. The van der Waals surface area contributed by atoms with Crippen LogP contribution in [-0.2, 0) is 30.5 Å². The van der Waals surface area contributed by atoms with E-state index >= 15 is 0 Å². The van der Waals surface area contributed by atoms with Gasteiger partial charge < -0.3 is 25.1 Å². The van der Waals surface area contributed by atoms with Crippen LogP contribution in [0.5, 0.6) is 0 Å². The molecule has 11 nitrogen and oxygen atoms in total. The van der Waals surface area contributed by atoms with Gasteiger partial charge >= 0.3 is 23.6 Å². The van der Waals surface area contributed by atoms with Gasteiger partial charge in [-0.2, -0.15) is 5.10 Å². The molecule has 11 heteroatoms. The second-order valence-corrected chi connectivity index (χ2v) is 6.69. The summed E-state index contributed by atoms with van der Waals surface area (Å²) in [7, 11) is 1.47. The summed E-state index contributed by atoms with van der Waals surface area (Å²) in [5.74, 6) is -2.77. The van der Waals surface area contributed by atoms with Crippen molar-refractivity contribution >= 4 is 35.5 Å². The van der Waals surface area contributed by atoms with Crippen molar-refractivity contribution in [1.29, 1.82) is 0 Å². The number of methoxy groups -OCH3 is 1. The predicted octanol–water partition coefficient (Wildman–Crippen LogP) is 0.364. The number of anilines is 1. The lowest BCUT2D eigenvalue weighted by molar-refractivity contribution is -0.139. The highest BCUT2D eigenvalue weighted by Gasteiger charge is 2.15. The lowest BCUT2D eigenvalue weighted by atomic mass is 10.1. The average molecular weight is 443 g/mol. The number of furan rings is 1. The Kier molecular flexibility index (Phi) is 9.11. The fourth-order valence-electron chi connectivity index (χ4n) is 2.37. The molecule has 0 saturated heterocycles. The quantitative estimate of drug-likeness (QED) is 0.200. The number of hydrazone groups is 1. The van der Waals surface area contributed by atoms with E-state index in [1.54, 1.807) is 24.3 Å². The number of rotatable bonds is 8. The van der Waals surface area contributed by atoms with Gasteiger partial charge in [0.25, 0.3) is 0 Å². The molecule has 0 aliphatic carbocycles. The Bertz CT molecular complexity index is 1010. The third-order valence-corrected chi connectivity index (χ3v) is 4.23. The fourth-order valence-corrected chi connectivity index (χ4v) is 2.37. The van der Waals surface area contributed by atoms with Crippen LogP contribution in [-0.4, -0.2) is 50.1 Å². The zero-order valence-corrected chi connectivity index (χ0v) is 18.0. The molecule has 1 heterocycles. The van der Waals surface area contributed by atoms with E-state index in [1.165, 1.54) is 13.3 Å². The molecule has 0 radical (unpaired) electrons. The Morgan fingerprint density at radius 2 is 1.72 bits per heavy atom. The van der Waals surface area contributed by atoms with Gasteiger partial charge in [-0.05, 0) is 49.2 Å². The molecule has 4 amide bonds. The highest BCUT2D eigenvalue weighted by Crippen LogP contribution is 2.14. The van der Waals surface area contributed by atoms with Gasteiger partial charge in [0.05, 0.1) is 19.4 Å². The number of ether oxygens (including phenoxy) is 1. The van der Waals surface area contributed by atoms with Crippen LogP contribution in [0.4, 0.5) is 5.69 Å². The average Bonchev–Trinajstić information content (AvgIpc) is 3.22. The Morgan fingerprint density at radius 1 is 0.969 bits per heavy atom. The minimum Gasteiger partial charge on any atom is -0.458 e. The number of nitrogens with zero attached hydrogens (tertiary/aromatic N) is 1. The molecule has 1 aromatic carbocycles. The first-order valence-electron chi connectivity index (χ1n) is 9.65. The third kappa shape index (κ3) is 7.69. The van der Waals surface area contributed by atoms with E-state index in [9.17, 15) is 19.2 Å². The Labute approximate surface area is 184 Å². The smallest absolute Gasteiger partial charge is 0.329 e. The summed E-state index contributed by atoms with van der Waals surface area (Å²) in [4.78, 5) is 47.0. The lowest BCUT2D eigenvalue weighted by Crippen LogP contribution is -2.39. The topological polar surface area (TPSA) is 151 Å². The number of nitrogens with one attached hydrogen (secondary N) is 4. The van der Waals surface area contributed by atoms with Crippen LogP contribution in [0.25, 0.3) is 0 Å². The van der Waals surface area contributed by atoms with E-state index in [-0.39, 0.29) is 25.5 Å². The minimum atomic E-state index is -0.939. The van der Waals surface area contributed by atoms with Crippen molar-refractivity contribution in [2.75, 3.05) is 25.6 Å². The van der Waals surface area contributed by atoms with E-state index in [0.717, 1.165) is 11.1 Å². The molecule has 32 heavy (non-hydrogen) atoms. The maximum Gasteiger partial charge on any atom is 0.329 e. The molecule has 2 aromatic rings. The van der Waals surface area contributed by atoms with Crippen LogP contribution in [0.3, 0.4) is 0 Å². The maximum absolute atomic E-state index is 12.0. The van der Waals surface area contributed by atoms with E-state index in [2.05, 4.69) is 26.5 Å². The monoisotopic (exact) mass is 443 g/mol. The number of hydrogen-bond acceptors (Lipinski definition) is 7. The van der Waals surface area contributed by atoms with Crippen molar-refractivity contribution in [3.05, 3.63) is 53.0 Å². The molecule has 170 valence electrons. The standard InChI is InChI=1S/C21H25N5O6/c1-13-4-5-15(10-14(13)2)25-20(29)18(27)23-11-16-6-7-17(32-16)12-24-26-21(30)19(28)22-8-9-31-3/h4-7,10,12H,8-9,11H2,1-3H3,(H,22,28)(H,23,27)(H,25,29)(H,26,30)/b24-12+. The van der Waals surface area contributed by atoms with Gasteiger partial charge in [0.2, 0.25) is 0 Å². The van der Waals surface area contributed by atoms with Crippen molar-refractivity contribution < 1.29 is 28.3 Å². The van der Waals surface area contributed by atoms with Gasteiger partial charge in [-0.25, -0.2) is 5.43 Å². The maximum atomic E-state index is 12.0. The Hall–Kier alpha value is -3.99. The molecular weight excluding hydrogens is 418 g/mol. The summed E-state index contributed by atoms with van der Waals surface area (Å²) in [5.41, 5.74) is 4.66. The first kappa shape index (κ1) is 24.3. The molecule has 0 bridgehead atoms. The largest absolute Gasteiger partial charge is 0.458 e. The summed E-state index contributed by atoms with van der Waals surface area (Å²) in [6, 6.07) is 8.46. The number of benzene rings is 1. The molecular formula is C21H25N5O6. The summed E-state index contributed by atoms with van der Waals surface area (Å²) >= 11 is 0. The van der Waals surface area contributed by atoms with Crippen LogP contribution >= 0.6 is 0 Å². The predicted molar refractivity (Wildman–Crippen MR) is 116 cm³/mol. The van der Waals surface area contributed by atoms with Gasteiger partial charge in [0.1, 0.15) is 11.5 Å². The van der Waals surface area contributed by atoms with Crippen molar-refractivity contribution in [3.63, 3.8) is 0 Å². The first-order chi connectivity index (χ1) is 15.3. The molecule has 0 atom stereocenters. The summed E-state index contributed by atoms with van der Waals surface area (Å²) in [6.45, 7) is 4.31. The van der Waals surface area contributed by atoms with Crippen LogP contribution < -0.4 is 21.4 Å². The van der Waals surface area contributed by atoms with Gasteiger partial charge in [0, 0.05) is 19.3 Å². The van der Waals surface area contributed by atoms with Crippen molar-refractivity contribution in [1.82, 2.24) is 16.1 Å². The van der Waals surface area contributed by atoms with E-state index in [1.807, 2.05) is 19.9 Å². The Balaban J connectivity index is 1.77. The minimum absolute atomic E-state index is 0.0265. The summed E-state index contributed by atoms with van der Waals surface area (Å²) in [5, 5.41) is 11.0.